The number of aromatic carboxylic acids is 1. The van der Waals surface area contributed by atoms with E-state index < -0.39 is 5.97 Å². The van der Waals surface area contributed by atoms with E-state index in [0.29, 0.717) is 5.02 Å². The van der Waals surface area contributed by atoms with Gasteiger partial charge < -0.3 is 5.11 Å². The van der Waals surface area contributed by atoms with Crippen molar-refractivity contribution in [3.63, 3.8) is 0 Å². The van der Waals surface area contributed by atoms with Crippen LogP contribution in [0.25, 0.3) is 11.1 Å². The minimum atomic E-state index is -0.990. The molecule has 0 spiro atoms. The topological polar surface area (TPSA) is 50.2 Å². The predicted octanol–water partition coefficient (Wildman–Crippen LogP) is 3.41. The molecule has 1 heterocycles. The first-order valence-corrected chi connectivity index (χ1v) is 5.41. The molecule has 1 N–H and O–H groups in total. The van der Waals surface area contributed by atoms with Gasteiger partial charge >= 0.3 is 5.97 Å². The van der Waals surface area contributed by atoms with E-state index in [9.17, 15) is 4.79 Å². The Morgan fingerprint density at radius 1 is 1.35 bits per heavy atom. The second-order valence-corrected chi connectivity index (χ2v) is 4.11. The lowest BCUT2D eigenvalue weighted by molar-refractivity contribution is 0.0697. The molecule has 0 aliphatic carbocycles. The number of aryl methyl sites for hydroxylation is 1. The number of benzene rings is 1. The number of carboxylic acids is 1. The lowest BCUT2D eigenvalue weighted by Gasteiger charge is -2.06. The molecule has 17 heavy (non-hydrogen) atoms. The Labute approximate surface area is 104 Å². The SMILES string of the molecule is Cc1ncccc1-c1cc(Cl)cc(C(=O)O)c1. The van der Waals surface area contributed by atoms with Crippen molar-refractivity contribution < 1.29 is 9.90 Å². The summed E-state index contributed by atoms with van der Waals surface area (Å²) >= 11 is 5.91. The van der Waals surface area contributed by atoms with Gasteiger partial charge in [0.25, 0.3) is 0 Å². The van der Waals surface area contributed by atoms with E-state index in [0.717, 1.165) is 16.8 Å². The highest BCUT2D eigenvalue weighted by molar-refractivity contribution is 6.31. The van der Waals surface area contributed by atoms with Crippen LogP contribution < -0.4 is 0 Å². The Bertz CT molecular complexity index is 581. The molecule has 0 aliphatic heterocycles. The van der Waals surface area contributed by atoms with E-state index in [-0.39, 0.29) is 5.56 Å². The zero-order valence-corrected chi connectivity index (χ0v) is 9.90. The molecule has 4 heteroatoms. The second-order valence-electron chi connectivity index (χ2n) is 3.67. The van der Waals surface area contributed by atoms with Crippen molar-refractivity contribution in [2.24, 2.45) is 0 Å². The van der Waals surface area contributed by atoms with Crippen LogP contribution in [0.3, 0.4) is 0 Å². The third kappa shape index (κ3) is 2.45. The van der Waals surface area contributed by atoms with E-state index in [2.05, 4.69) is 4.98 Å². The summed E-state index contributed by atoms with van der Waals surface area (Å²) in [7, 11) is 0. The van der Waals surface area contributed by atoms with Crippen molar-refractivity contribution in [1.29, 1.82) is 0 Å². The predicted molar refractivity (Wildman–Crippen MR) is 66.4 cm³/mol. The molecule has 1 aromatic carbocycles. The number of pyridine rings is 1. The molecule has 0 saturated carbocycles. The van der Waals surface area contributed by atoms with Crippen LogP contribution in [0.1, 0.15) is 16.1 Å². The first kappa shape index (κ1) is 11.6. The summed E-state index contributed by atoms with van der Waals surface area (Å²) in [5.74, 6) is -0.990. The largest absolute Gasteiger partial charge is 0.478 e. The fraction of sp³-hybridized carbons (Fsp3) is 0.0769. The monoisotopic (exact) mass is 247 g/mol. The Hall–Kier alpha value is -1.87. The van der Waals surface area contributed by atoms with Crippen molar-refractivity contribution in [3.8, 4) is 11.1 Å². The molecule has 0 atom stereocenters. The van der Waals surface area contributed by atoms with Crippen LogP contribution in [0.2, 0.25) is 5.02 Å². The van der Waals surface area contributed by atoms with Gasteiger partial charge in [0.15, 0.2) is 0 Å². The Balaban J connectivity index is 2.60. The first-order valence-electron chi connectivity index (χ1n) is 5.04. The van der Waals surface area contributed by atoms with Crippen LogP contribution >= 0.6 is 11.6 Å². The normalized spacial score (nSPS) is 10.2. The van der Waals surface area contributed by atoms with Gasteiger partial charge in [-0.2, -0.15) is 0 Å². The smallest absolute Gasteiger partial charge is 0.335 e. The van der Waals surface area contributed by atoms with Crippen LogP contribution in [0, 0.1) is 6.92 Å². The molecule has 0 bridgehead atoms. The van der Waals surface area contributed by atoms with E-state index in [1.165, 1.54) is 6.07 Å². The van der Waals surface area contributed by atoms with E-state index >= 15 is 0 Å². The highest BCUT2D eigenvalue weighted by atomic mass is 35.5. The minimum Gasteiger partial charge on any atom is -0.478 e. The summed E-state index contributed by atoms with van der Waals surface area (Å²) in [4.78, 5) is 15.1. The molecule has 0 amide bonds. The average molecular weight is 248 g/mol. The summed E-state index contributed by atoms with van der Waals surface area (Å²) in [6.07, 6.45) is 1.70. The van der Waals surface area contributed by atoms with Gasteiger partial charge in [0.1, 0.15) is 0 Å². The number of halogens is 1. The maximum absolute atomic E-state index is 10.9. The van der Waals surface area contributed by atoms with Gasteiger partial charge in [0, 0.05) is 22.5 Å². The van der Waals surface area contributed by atoms with Gasteiger partial charge in [0.05, 0.1) is 5.56 Å². The first-order chi connectivity index (χ1) is 8.08. The molecule has 86 valence electrons. The third-order valence-corrected chi connectivity index (χ3v) is 2.68. The summed E-state index contributed by atoms with van der Waals surface area (Å²) < 4.78 is 0. The lowest BCUT2D eigenvalue weighted by atomic mass is 10.0. The number of aromatic nitrogens is 1. The van der Waals surface area contributed by atoms with Crippen molar-refractivity contribution in [2.45, 2.75) is 6.92 Å². The Morgan fingerprint density at radius 2 is 2.12 bits per heavy atom. The molecule has 2 aromatic rings. The van der Waals surface area contributed by atoms with Crippen molar-refractivity contribution in [2.75, 3.05) is 0 Å². The van der Waals surface area contributed by atoms with Gasteiger partial charge in [-0.15, -0.1) is 0 Å². The Kier molecular flexibility index (Phi) is 3.11. The van der Waals surface area contributed by atoms with Crippen molar-refractivity contribution >= 4 is 17.6 Å². The fourth-order valence-corrected chi connectivity index (χ4v) is 1.89. The summed E-state index contributed by atoms with van der Waals surface area (Å²) in [6, 6.07) is 8.46. The quantitative estimate of drug-likeness (QED) is 0.885. The molecule has 0 aliphatic rings. The standard InChI is InChI=1S/C13H10ClNO2/c1-8-12(3-2-4-15-8)9-5-10(13(16)17)7-11(14)6-9/h2-7H,1H3,(H,16,17). The summed E-state index contributed by atoms with van der Waals surface area (Å²) in [5, 5.41) is 9.38. The average Bonchev–Trinajstić information content (AvgIpc) is 2.28. The summed E-state index contributed by atoms with van der Waals surface area (Å²) in [6.45, 7) is 1.87. The van der Waals surface area contributed by atoms with Gasteiger partial charge in [-0.05, 0) is 36.8 Å². The molecule has 2 rings (SSSR count). The van der Waals surface area contributed by atoms with E-state index in [1.54, 1.807) is 18.3 Å². The molecular formula is C13H10ClNO2. The third-order valence-electron chi connectivity index (χ3n) is 2.46. The van der Waals surface area contributed by atoms with Crippen LogP contribution in [0.4, 0.5) is 0 Å². The van der Waals surface area contributed by atoms with Crippen LogP contribution in [0.5, 0.6) is 0 Å². The van der Waals surface area contributed by atoms with Crippen molar-refractivity contribution in [1.82, 2.24) is 4.98 Å². The minimum absolute atomic E-state index is 0.177. The number of carboxylic acid groups (broad SMARTS) is 1. The van der Waals surface area contributed by atoms with E-state index in [1.807, 2.05) is 19.1 Å². The van der Waals surface area contributed by atoms with Crippen LogP contribution in [0.15, 0.2) is 36.5 Å². The van der Waals surface area contributed by atoms with E-state index in [4.69, 9.17) is 16.7 Å². The van der Waals surface area contributed by atoms with Gasteiger partial charge in [-0.25, -0.2) is 4.79 Å². The number of carbonyl (C=O) groups is 1. The molecule has 3 nitrogen and oxygen atoms in total. The molecule has 0 fully saturated rings. The van der Waals surface area contributed by atoms with Crippen LogP contribution in [-0.4, -0.2) is 16.1 Å². The number of hydrogen-bond donors (Lipinski definition) is 1. The highest BCUT2D eigenvalue weighted by Crippen LogP contribution is 2.26. The van der Waals surface area contributed by atoms with Gasteiger partial charge in [-0.3, -0.25) is 4.98 Å². The Morgan fingerprint density at radius 3 is 2.76 bits per heavy atom. The number of rotatable bonds is 2. The number of hydrogen-bond acceptors (Lipinski definition) is 2. The van der Waals surface area contributed by atoms with Crippen molar-refractivity contribution in [3.05, 3.63) is 52.8 Å². The molecular weight excluding hydrogens is 238 g/mol. The number of nitrogens with zero attached hydrogens (tertiary/aromatic N) is 1. The van der Waals surface area contributed by atoms with Gasteiger partial charge in [0.2, 0.25) is 0 Å². The fourth-order valence-electron chi connectivity index (χ4n) is 1.66. The molecule has 1 aromatic heterocycles. The molecule has 0 saturated heterocycles. The van der Waals surface area contributed by atoms with Crippen LogP contribution in [-0.2, 0) is 0 Å². The molecule has 0 unspecified atom stereocenters. The van der Waals surface area contributed by atoms with Gasteiger partial charge in [-0.1, -0.05) is 17.7 Å². The zero-order chi connectivity index (χ0) is 12.4. The lowest BCUT2D eigenvalue weighted by Crippen LogP contribution is -1.97. The maximum atomic E-state index is 10.9. The summed E-state index contributed by atoms with van der Waals surface area (Å²) in [5.41, 5.74) is 2.67. The highest BCUT2D eigenvalue weighted by Gasteiger charge is 2.09. The second kappa shape index (κ2) is 4.55. The molecule has 0 radical (unpaired) electrons. The zero-order valence-electron chi connectivity index (χ0n) is 9.14. The maximum Gasteiger partial charge on any atom is 0.335 e.